The van der Waals surface area contributed by atoms with Crippen molar-refractivity contribution in [2.45, 2.75) is 25.8 Å². The minimum absolute atomic E-state index is 0.212. The fraction of sp³-hybridized carbons (Fsp3) is 0.350. The van der Waals surface area contributed by atoms with Gasteiger partial charge in [-0.3, -0.25) is 0 Å². The quantitative estimate of drug-likeness (QED) is 0.834. The van der Waals surface area contributed by atoms with Gasteiger partial charge in [-0.1, -0.05) is 43.6 Å². The largest absolute Gasteiger partial charge is 0.486 e. The average Bonchev–Trinajstić information content (AvgIpc) is 2.64. The van der Waals surface area contributed by atoms with E-state index in [1.165, 1.54) is 0 Å². The lowest BCUT2D eigenvalue weighted by Gasteiger charge is -2.28. The minimum atomic E-state index is -0.247. The highest BCUT2D eigenvalue weighted by molar-refractivity contribution is 6.30. The van der Waals surface area contributed by atoms with Crippen LogP contribution < -0.4 is 20.1 Å². The van der Waals surface area contributed by atoms with Crippen molar-refractivity contribution in [3.63, 3.8) is 0 Å². The first-order chi connectivity index (χ1) is 12.4. The molecule has 0 atom stereocenters. The van der Waals surface area contributed by atoms with Crippen LogP contribution in [0.5, 0.6) is 11.5 Å². The zero-order chi connectivity index (χ0) is 18.6. The Hall–Kier alpha value is -2.40. The van der Waals surface area contributed by atoms with Crippen LogP contribution in [-0.2, 0) is 12.0 Å². The third kappa shape index (κ3) is 4.61. The molecule has 26 heavy (non-hydrogen) atoms. The third-order valence-corrected chi connectivity index (χ3v) is 4.59. The Morgan fingerprint density at radius 2 is 1.85 bits per heavy atom. The first kappa shape index (κ1) is 18.4. The van der Waals surface area contributed by atoms with Crippen molar-refractivity contribution in [2.24, 2.45) is 0 Å². The van der Waals surface area contributed by atoms with Crippen molar-refractivity contribution in [3.05, 3.63) is 58.6 Å². The summed E-state index contributed by atoms with van der Waals surface area (Å²) in [5.74, 6) is 1.52. The van der Waals surface area contributed by atoms with Crippen LogP contribution in [0.4, 0.5) is 4.79 Å². The number of benzene rings is 2. The minimum Gasteiger partial charge on any atom is -0.486 e. The van der Waals surface area contributed by atoms with Crippen molar-refractivity contribution in [3.8, 4) is 11.5 Å². The molecule has 0 radical (unpaired) electrons. The maximum absolute atomic E-state index is 12.1. The molecule has 138 valence electrons. The van der Waals surface area contributed by atoms with E-state index < -0.39 is 0 Å². The molecule has 2 aromatic carbocycles. The second-order valence-electron chi connectivity index (χ2n) is 6.91. The summed E-state index contributed by atoms with van der Waals surface area (Å²) in [5.41, 5.74) is 1.79. The standard InChI is InChI=1S/C20H23ClN2O3/c1-20(2,15-6-7-17-18(11-15)26-9-8-25-17)13-23-19(24)22-12-14-4-3-5-16(21)10-14/h3-7,10-11H,8-9,12-13H2,1-2H3,(H2,22,23,24). The third-order valence-electron chi connectivity index (χ3n) is 4.36. The number of urea groups is 1. The van der Waals surface area contributed by atoms with Gasteiger partial charge in [0.05, 0.1) is 0 Å². The molecule has 0 bridgehead atoms. The number of ether oxygens (including phenoxy) is 2. The number of carbonyl (C=O) groups is 1. The summed E-state index contributed by atoms with van der Waals surface area (Å²) < 4.78 is 11.2. The first-order valence-corrected chi connectivity index (χ1v) is 8.98. The van der Waals surface area contributed by atoms with E-state index in [2.05, 4.69) is 24.5 Å². The second-order valence-corrected chi connectivity index (χ2v) is 7.34. The molecule has 0 unspecified atom stereocenters. The molecule has 3 rings (SSSR count). The van der Waals surface area contributed by atoms with Crippen LogP contribution in [0.15, 0.2) is 42.5 Å². The number of nitrogens with one attached hydrogen (secondary N) is 2. The summed E-state index contributed by atoms with van der Waals surface area (Å²) in [6.07, 6.45) is 0. The van der Waals surface area contributed by atoms with Gasteiger partial charge < -0.3 is 20.1 Å². The van der Waals surface area contributed by atoms with Gasteiger partial charge in [-0.15, -0.1) is 0 Å². The molecule has 1 heterocycles. The Bertz CT molecular complexity index is 792. The molecule has 5 nitrogen and oxygen atoms in total. The molecule has 0 spiro atoms. The number of hydrogen-bond donors (Lipinski definition) is 2. The van der Waals surface area contributed by atoms with Gasteiger partial charge in [0.1, 0.15) is 13.2 Å². The van der Waals surface area contributed by atoms with Crippen LogP contribution in [0.3, 0.4) is 0 Å². The fourth-order valence-corrected chi connectivity index (χ4v) is 2.97. The Morgan fingerprint density at radius 3 is 2.62 bits per heavy atom. The molecule has 1 aliphatic rings. The molecule has 2 amide bonds. The lowest BCUT2D eigenvalue weighted by Crippen LogP contribution is -2.42. The van der Waals surface area contributed by atoms with Crippen LogP contribution in [0.1, 0.15) is 25.0 Å². The lowest BCUT2D eigenvalue weighted by molar-refractivity contribution is 0.171. The second kappa shape index (κ2) is 7.87. The summed E-state index contributed by atoms with van der Waals surface area (Å²) in [6, 6.07) is 13.1. The number of fused-ring (bicyclic) bond motifs is 1. The molecule has 0 saturated heterocycles. The summed E-state index contributed by atoms with van der Waals surface area (Å²) in [5, 5.41) is 6.43. The van der Waals surface area contributed by atoms with Crippen molar-refractivity contribution in [1.82, 2.24) is 10.6 Å². The number of halogens is 1. The zero-order valence-electron chi connectivity index (χ0n) is 15.0. The number of carbonyl (C=O) groups excluding carboxylic acids is 1. The number of hydrogen-bond acceptors (Lipinski definition) is 3. The average molecular weight is 375 g/mol. The highest BCUT2D eigenvalue weighted by Crippen LogP contribution is 2.34. The SMILES string of the molecule is CC(C)(CNC(=O)NCc1cccc(Cl)c1)c1ccc2c(c1)OCCO2. The molecular weight excluding hydrogens is 352 g/mol. The summed E-state index contributed by atoms with van der Waals surface area (Å²) in [6.45, 7) is 6.21. The van der Waals surface area contributed by atoms with Gasteiger partial charge in [0.2, 0.25) is 0 Å². The van der Waals surface area contributed by atoms with Gasteiger partial charge in [-0.05, 0) is 35.4 Å². The predicted octanol–water partition coefficient (Wildman–Crippen LogP) is 3.89. The van der Waals surface area contributed by atoms with Crippen molar-refractivity contribution < 1.29 is 14.3 Å². The van der Waals surface area contributed by atoms with Crippen LogP contribution in [0.25, 0.3) is 0 Å². The smallest absolute Gasteiger partial charge is 0.315 e. The van der Waals surface area contributed by atoms with Crippen molar-refractivity contribution in [1.29, 1.82) is 0 Å². The van der Waals surface area contributed by atoms with Crippen molar-refractivity contribution in [2.75, 3.05) is 19.8 Å². The maximum Gasteiger partial charge on any atom is 0.315 e. The van der Waals surface area contributed by atoms with E-state index in [9.17, 15) is 4.79 Å². The van der Waals surface area contributed by atoms with Gasteiger partial charge in [0.15, 0.2) is 11.5 Å². The lowest BCUT2D eigenvalue weighted by atomic mass is 9.84. The first-order valence-electron chi connectivity index (χ1n) is 8.60. The molecule has 0 saturated carbocycles. The van der Waals surface area contributed by atoms with E-state index in [4.69, 9.17) is 21.1 Å². The summed E-state index contributed by atoms with van der Waals surface area (Å²) in [7, 11) is 0. The van der Waals surface area contributed by atoms with Crippen LogP contribution >= 0.6 is 11.6 Å². The Kier molecular flexibility index (Phi) is 5.57. The Balaban J connectivity index is 1.55. The number of amides is 2. The van der Waals surface area contributed by atoms with E-state index in [0.717, 1.165) is 22.6 Å². The topological polar surface area (TPSA) is 59.6 Å². The highest BCUT2D eigenvalue weighted by atomic mass is 35.5. The van der Waals surface area contributed by atoms with Gasteiger partial charge in [0, 0.05) is 23.5 Å². The predicted molar refractivity (Wildman–Crippen MR) is 102 cm³/mol. The number of rotatable bonds is 5. The molecular formula is C20H23ClN2O3. The van der Waals surface area contributed by atoms with Crippen LogP contribution in [0, 0.1) is 0 Å². The summed E-state index contributed by atoms with van der Waals surface area (Å²) >= 11 is 5.95. The molecule has 6 heteroatoms. The molecule has 1 aliphatic heterocycles. The molecule has 2 N–H and O–H groups in total. The Labute approximate surface area is 158 Å². The van der Waals surface area contributed by atoms with E-state index >= 15 is 0 Å². The normalized spacial score (nSPS) is 13.2. The van der Waals surface area contributed by atoms with Crippen LogP contribution in [-0.4, -0.2) is 25.8 Å². The highest BCUT2D eigenvalue weighted by Gasteiger charge is 2.24. The van der Waals surface area contributed by atoms with Gasteiger partial charge in [-0.25, -0.2) is 4.79 Å². The summed E-state index contributed by atoms with van der Waals surface area (Å²) in [4.78, 5) is 12.1. The maximum atomic E-state index is 12.1. The molecule has 2 aromatic rings. The zero-order valence-corrected chi connectivity index (χ0v) is 15.7. The van der Waals surface area contributed by atoms with Crippen molar-refractivity contribution >= 4 is 17.6 Å². The molecule has 0 aromatic heterocycles. The monoisotopic (exact) mass is 374 g/mol. The van der Waals surface area contributed by atoms with Gasteiger partial charge in [-0.2, -0.15) is 0 Å². The van der Waals surface area contributed by atoms with E-state index in [-0.39, 0.29) is 11.4 Å². The fourth-order valence-electron chi connectivity index (χ4n) is 2.76. The van der Waals surface area contributed by atoms with Gasteiger partial charge >= 0.3 is 6.03 Å². The Morgan fingerprint density at radius 1 is 1.08 bits per heavy atom. The molecule has 0 fully saturated rings. The van der Waals surface area contributed by atoms with Gasteiger partial charge in [0.25, 0.3) is 0 Å². The van der Waals surface area contributed by atoms with E-state index in [1.54, 1.807) is 6.07 Å². The van der Waals surface area contributed by atoms with E-state index in [1.807, 2.05) is 36.4 Å². The molecule has 0 aliphatic carbocycles. The van der Waals surface area contributed by atoms with E-state index in [0.29, 0.717) is 31.3 Å². The van der Waals surface area contributed by atoms with Crippen LogP contribution in [0.2, 0.25) is 5.02 Å².